The lowest BCUT2D eigenvalue weighted by atomic mass is 10.1. The van der Waals surface area contributed by atoms with Crippen LogP contribution >= 0.6 is 0 Å². The van der Waals surface area contributed by atoms with E-state index in [1.807, 2.05) is 0 Å². The third-order valence-corrected chi connectivity index (χ3v) is 3.24. The molecule has 1 rings (SSSR count). The monoisotopic (exact) mass is 263 g/mol. The van der Waals surface area contributed by atoms with E-state index >= 15 is 0 Å². The predicted octanol–water partition coefficient (Wildman–Crippen LogP) is 3.81. The molecule has 2 nitrogen and oxygen atoms in total. The van der Waals surface area contributed by atoms with Gasteiger partial charge in [0, 0.05) is 13.2 Å². The summed E-state index contributed by atoms with van der Waals surface area (Å²) in [5.41, 5.74) is 1.41. The molecule has 0 aliphatic heterocycles. The first-order valence-electron chi connectivity index (χ1n) is 7.76. The van der Waals surface area contributed by atoms with Crippen molar-refractivity contribution in [1.82, 2.24) is 5.32 Å². The van der Waals surface area contributed by atoms with Gasteiger partial charge in [-0.05, 0) is 44.3 Å². The van der Waals surface area contributed by atoms with Crippen molar-refractivity contribution in [3.63, 3.8) is 0 Å². The molecule has 0 radical (unpaired) electrons. The summed E-state index contributed by atoms with van der Waals surface area (Å²) >= 11 is 0. The molecule has 0 amide bonds. The Hall–Kier alpha value is -0.860. The maximum absolute atomic E-state index is 5.67. The van der Waals surface area contributed by atoms with Crippen LogP contribution in [0.1, 0.15) is 44.6 Å². The summed E-state index contributed by atoms with van der Waals surface area (Å²) in [6.07, 6.45) is 7.37. The second-order valence-electron chi connectivity index (χ2n) is 4.97. The fraction of sp³-hybridized carbons (Fsp3) is 0.647. The van der Waals surface area contributed by atoms with Gasteiger partial charge in [-0.1, -0.05) is 50.1 Å². The Morgan fingerprint density at radius 3 is 2.42 bits per heavy atom. The average molecular weight is 263 g/mol. The number of aryl methyl sites for hydroxylation is 1. The van der Waals surface area contributed by atoms with Crippen molar-refractivity contribution in [2.24, 2.45) is 0 Å². The highest BCUT2D eigenvalue weighted by Gasteiger charge is 1.94. The molecule has 19 heavy (non-hydrogen) atoms. The van der Waals surface area contributed by atoms with Crippen molar-refractivity contribution < 1.29 is 4.74 Å². The van der Waals surface area contributed by atoms with E-state index in [9.17, 15) is 0 Å². The van der Waals surface area contributed by atoms with Crippen molar-refractivity contribution in [3.05, 3.63) is 35.9 Å². The molecule has 0 spiro atoms. The zero-order valence-electron chi connectivity index (χ0n) is 12.4. The maximum Gasteiger partial charge on any atom is 0.0469 e. The molecule has 0 saturated carbocycles. The average Bonchev–Trinajstić information content (AvgIpc) is 2.46. The fourth-order valence-electron chi connectivity index (χ4n) is 2.11. The summed E-state index contributed by atoms with van der Waals surface area (Å²) in [7, 11) is 0. The fourth-order valence-corrected chi connectivity index (χ4v) is 2.11. The summed E-state index contributed by atoms with van der Waals surface area (Å²) < 4.78 is 5.67. The van der Waals surface area contributed by atoms with Gasteiger partial charge in [0.15, 0.2) is 0 Å². The van der Waals surface area contributed by atoms with Gasteiger partial charge in [0.05, 0.1) is 0 Å². The minimum Gasteiger partial charge on any atom is -0.381 e. The number of unbranched alkanes of at least 4 members (excludes halogenated alkanes) is 3. The highest BCUT2D eigenvalue weighted by molar-refractivity contribution is 5.14. The minimum absolute atomic E-state index is 0.895. The van der Waals surface area contributed by atoms with E-state index in [0.29, 0.717) is 0 Å². The Morgan fingerprint density at radius 2 is 1.63 bits per heavy atom. The number of hydrogen-bond donors (Lipinski definition) is 1. The molecule has 1 N–H and O–H groups in total. The molecule has 1 aromatic carbocycles. The third kappa shape index (κ3) is 9.69. The van der Waals surface area contributed by atoms with Gasteiger partial charge in [0.1, 0.15) is 0 Å². The van der Waals surface area contributed by atoms with Crippen molar-refractivity contribution in [3.8, 4) is 0 Å². The van der Waals surface area contributed by atoms with Gasteiger partial charge in [-0.25, -0.2) is 0 Å². The number of benzene rings is 1. The number of ether oxygens (including phenoxy) is 1. The second-order valence-corrected chi connectivity index (χ2v) is 4.97. The van der Waals surface area contributed by atoms with Crippen LogP contribution in [0.25, 0.3) is 0 Å². The van der Waals surface area contributed by atoms with Crippen LogP contribution in [-0.4, -0.2) is 26.3 Å². The predicted molar refractivity (Wildman–Crippen MR) is 82.6 cm³/mol. The summed E-state index contributed by atoms with van der Waals surface area (Å²) in [5.74, 6) is 0. The number of hydrogen-bond acceptors (Lipinski definition) is 2. The quantitative estimate of drug-likeness (QED) is 0.579. The van der Waals surface area contributed by atoms with Crippen molar-refractivity contribution in [2.75, 3.05) is 26.3 Å². The molecular weight excluding hydrogens is 234 g/mol. The highest BCUT2D eigenvalue weighted by Crippen LogP contribution is 2.03. The molecular formula is C17H29NO. The van der Waals surface area contributed by atoms with Gasteiger partial charge in [-0.2, -0.15) is 0 Å². The molecule has 2 heteroatoms. The first kappa shape index (κ1) is 16.2. The zero-order chi connectivity index (χ0) is 13.6. The van der Waals surface area contributed by atoms with E-state index in [4.69, 9.17) is 4.74 Å². The Bertz CT molecular complexity index is 287. The van der Waals surface area contributed by atoms with E-state index < -0.39 is 0 Å². The first-order chi connectivity index (χ1) is 9.43. The highest BCUT2D eigenvalue weighted by atomic mass is 16.5. The summed E-state index contributed by atoms with van der Waals surface area (Å²) in [4.78, 5) is 0. The molecule has 0 aliphatic carbocycles. The molecule has 0 saturated heterocycles. The summed E-state index contributed by atoms with van der Waals surface area (Å²) in [6, 6.07) is 10.6. The SMILES string of the molecule is CCNCCCCCCOCCCc1ccccc1. The van der Waals surface area contributed by atoms with Crippen LogP contribution in [0.4, 0.5) is 0 Å². The molecule has 0 aliphatic rings. The molecule has 0 heterocycles. The lowest BCUT2D eigenvalue weighted by Gasteiger charge is -2.05. The van der Waals surface area contributed by atoms with E-state index in [1.165, 1.54) is 31.2 Å². The molecule has 108 valence electrons. The van der Waals surface area contributed by atoms with Crippen LogP contribution < -0.4 is 5.32 Å². The molecule has 0 unspecified atom stereocenters. The van der Waals surface area contributed by atoms with Gasteiger partial charge in [-0.3, -0.25) is 0 Å². The van der Waals surface area contributed by atoms with Crippen molar-refractivity contribution >= 4 is 0 Å². The zero-order valence-corrected chi connectivity index (χ0v) is 12.4. The van der Waals surface area contributed by atoms with Gasteiger partial charge >= 0.3 is 0 Å². The van der Waals surface area contributed by atoms with E-state index in [-0.39, 0.29) is 0 Å². The molecule has 0 fully saturated rings. The van der Waals surface area contributed by atoms with Crippen LogP contribution in [0, 0.1) is 0 Å². The first-order valence-corrected chi connectivity index (χ1v) is 7.76. The number of rotatable bonds is 12. The summed E-state index contributed by atoms with van der Waals surface area (Å²) in [6.45, 7) is 6.23. The van der Waals surface area contributed by atoms with Crippen LogP contribution in [0.2, 0.25) is 0 Å². The normalized spacial score (nSPS) is 10.8. The minimum atomic E-state index is 0.895. The largest absolute Gasteiger partial charge is 0.381 e. The van der Waals surface area contributed by atoms with Gasteiger partial charge < -0.3 is 10.1 Å². The van der Waals surface area contributed by atoms with Gasteiger partial charge in [-0.15, -0.1) is 0 Å². The Kier molecular flexibility index (Phi) is 10.4. The van der Waals surface area contributed by atoms with Crippen LogP contribution in [0.3, 0.4) is 0 Å². The standard InChI is InChI=1S/C17H29NO/c1-2-18-14-8-3-4-9-15-19-16-10-13-17-11-6-5-7-12-17/h5-7,11-12,18H,2-4,8-10,13-16H2,1H3. The van der Waals surface area contributed by atoms with E-state index in [1.54, 1.807) is 0 Å². The lowest BCUT2D eigenvalue weighted by molar-refractivity contribution is 0.127. The van der Waals surface area contributed by atoms with Crippen molar-refractivity contribution in [2.45, 2.75) is 45.4 Å². The van der Waals surface area contributed by atoms with E-state index in [2.05, 4.69) is 42.6 Å². The molecule has 0 bridgehead atoms. The third-order valence-electron chi connectivity index (χ3n) is 3.24. The van der Waals surface area contributed by atoms with Gasteiger partial charge in [0.2, 0.25) is 0 Å². The van der Waals surface area contributed by atoms with Crippen molar-refractivity contribution in [1.29, 1.82) is 0 Å². The maximum atomic E-state index is 5.67. The van der Waals surface area contributed by atoms with E-state index in [0.717, 1.165) is 39.1 Å². The lowest BCUT2D eigenvalue weighted by Crippen LogP contribution is -2.13. The topological polar surface area (TPSA) is 21.3 Å². The molecule has 0 atom stereocenters. The van der Waals surface area contributed by atoms with Gasteiger partial charge in [0.25, 0.3) is 0 Å². The Labute approximate surface area is 118 Å². The van der Waals surface area contributed by atoms with Crippen LogP contribution in [0.15, 0.2) is 30.3 Å². The smallest absolute Gasteiger partial charge is 0.0469 e. The number of nitrogens with one attached hydrogen (secondary N) is 1. The second kappa shape index (κ2) is 12.2. The Morgan fingerprint density at radius 1 is 0.895 bits per heavy atom. The molecule has 1 aromatic rings. The Balaban J connectivity index is 1.79. The summed E-state index contributed by atoms with van der Waals surface area (Å²) in [5, 5.41) is 3.35. The molecule has 0 aromatic heterocycles. The van der Waals surface area contributed by atoms with Crippen LogP contribution in [0.5, 0.6) is 0 Å². The van der Waals surface area contributed by atoms with Crippen LogP contribution in [-0.2, 0) is 11.2 Å².